The van der Waals surface area contributed by atoms with E-state index < -0.39 is 33.0 Å². The van der Waals surface area contributed by atoms with Crippen LogP contribution >= 0.6 is 0 Å². The topological polar surface area (TPSA) is 120 Å². The maximum Gasteiger partial charge on any atom is 0.236 e. The highest BCUT2D eigenvalue weighted by Crippen LogP contribution is 2.42. The predicted octanol–water partition coefficient (Wildman–Crippen LogP) is 1.42. The van der Waals surface area contributed by atoms with E-state index in [4.69, 9.17) is 0 Å². The third kappa shape index (κ3) is 1.76. The average molecular weight is 309 g/mol. The Morgan fingerprint density at radius 2 is 1.52 bits per heavy atom. The molecule has 0 unspecified atom stereocenters. The molecule has 0 saturated heterocycles. The first kappa shape index (κ1) is 13.4. The number of aromatic hydroxyl groups is 4. The van der Waals surface area contributed by atoms with E-state index in [0.29, 0.717) is 10.8 Å². The van der Waals surface area contributed by atoms with Crippen molar-refractivity contribution in [2.45, 2.75) is 0 Å². The van der Waals surface area contributed by atoms with Gasteiger partial charge in [-0.1, -0.05) is 0 Å². The number of benzene rings is 2. The molecule has 1 heterocycles. The highest BCUT2D eigenvalue weighted by molar-refractivity contribution is 7.89. The summed E-state index contributed by atoms with van der Waals surface area (Å²) < 4.78 is 24.8. The fourth-order valence-electron chi connectivity index (χ4n) is 2.41. The van der Waals surface area contributed by atoms with Crippen molar-refractivity contribution in [3.63, 3.8) is 0 Å². The van der Waals surface area contributed by atoms with Crippen LogP contribution in [-0.4, -0.2) is 39.1 Å². The predicted molar refractivity (Wildman–Crippen MR) is 76.3 cm³/mol. The highest BCUT2D eigenvalue weighted by atomic mass is 32.2. The monoisotopic (exact) mass is 309 g/mol. The molecular weight excluding hydrogens is 298 g/mol. The molecule has 0 spiro atoms. The summed E-state index contributed by atoms with van der Waals surface area (Å²) in [7, 11) is -3.83. The second kappa shape index (κ2) is 3.95. The second-order valence-corrected chi connectivity index (χ2v) is 6.55. The van der Waals surface area contributed by atoms with Crippen molar-refractivity contribution >= 4 is 31.8 Å². The summed E-state index contributed by atoms with van der Waals surface area (Å²) in [4.78, 5) is 0. The number of fused-ring (bicyclic) bond motifs is 3. The molecule has 2 aromatic carbocycles. The minimum atomic E-state index is -3.83. The molecule has 0 atom stereocenters. The maximum absolute atomic E-state index is 12.0. The number of phenols is 4. The molecule has 7 nitrogen and oxygen atoms in total. The van der Waals surface area contributed by atoms with Gasteiger partial charge in [-0.05, 0) is 18.2 Å². The van der Waals surface area contributed by atoms with Crippen molar-refractivity contribution in [1.29, 1.82) is 0 Å². The Balaban J connectivity index is 2.73. The summed E-state index contributed by atoms with van der Waals surface area (Å²) in [6.45, 7) is 0. The molecule has 110 valence electrons. The van der Waals surface area contributed by atoms with Crippen molar-refractivity contribution in [3.05, 3.63) is 24.3 Å². The number of hydrogen-bond donors (Lipinski definition) is 4. The molecule has 0 aliphatic heterocycles. The van der Waals surface area contributed by atoms with Gasteiger partial charge in [-0.15, -0.1) is 0 Å². The Kier molecular flexibility index (Phi) is 2.52. The van der Waals surface area contributed by atoms with Crippen LogP contribution in [-0.2, 0) is 10.0 Å². The standard InChI is InChI=1S/C13H11NO6S/c1-21(19,20)14-8-5-11(17)10(16)4-7(8)6-2-3-9(15)13(18)12(6)14/h2-5,15-18H,1H3. The van der Waals surface area contributed by atoms with Gasteiger partial charge in [0.1, 0.15) is 5.52 Å². The number of nitrogens with zero attached hydrogens (tertiary/aromatic N) is 1. The van der Waals surface area contributed by atoms with E-state index in [1.165, 1.54) is 18.2 Å². The molecule has 0 fully saturated rings. The zero-order valence-electron chi connectivity index (χ0n) is 10.8. The second-order valence-electron chi connectivity index (χ2n) is 4.71. The Hall–Kier alpha value is -2.61. The zero-order valence-corrected chi connectivity index (χ0v) is 11.6. The summed E-state index contributed by atoms with van der Waals surface area (Å²) in [5, 5.41) is 39.4. The Labute approximate surface area is 119 Å². The van der Waals surface area contributed by atoms with Gasteiger partial charge in [0.25, 0.3) is 0 Å². The minimum absolute atomic E-state index is 0.0868. The largest absolute Gasteiger partial charge is 0.504 e. The van der Waals surface area contributed by atoms with E-state index in [0.717, 1.165) is 16.3 Å². The minimum Gasteiger partial charge on any atom is -0.504 e. The zero-order chi connectivity index (χ0) is 15.5. The van der Waals surface area contributed by atoms with E-state index in [1.54, 1.807) is 0 Å². The molecule has 0 bridgehead atoms. The molecule has 8 heteroatoms. The van der Waals surface area contributed by atoms with Crippen LogP contribution in [0.15, 0.2) is 24.3 Å². The first-order chi connectivity index (χ1) is 9.71. The lowest BCUT2D eigenvalue weighted by Crippen LogP contribution is -2.09. The molecule has 4 N–H and O–H groups in total. The molecule has 1 aromatic heterocycles. The van der Waals surface area contributed by atoms with Gasteiger partial charge in [0.05, 0.1) is 11.8 Å². The van der Waals surface area contributed by atoms with Crippen LogP contribution < -0.4 is 0 Å². The van der Waals surface area contributed by atoms with Crippen molar-refractivity contribution in [2.75, 3.05) is 6.26 Å². The summed E-state index contributed by atoms with van der Waals surface area (Å²) in [6.07, 6.45) is 0.930. The lowest BCUT2D eigenvalue weighted by Gasteiger charge is -2.06. The average Bonchev–Trinajstić information content (AvgIpc) is 2.69. The Morgan fingerprint density at radius 3 is 2.14 bits per heavy atom. The first-order valence-corrected chi connectivity index (χ1v) is 7.68. The van der Waals surface area contributed by atoms with Crippen LogP contribution in [0.2, 0.25) is 0 Å². The van der Waals surface area contributed by atoms with Gasteiger partial charge < -0.3 is 20.4 Å². The normalized spacial score (nSPS) is 12.2. The van der Waals surface area contributed by atoms with Crippen molar-refractivity contribution in [2.24, 2.45) is 0 Å². The van der Waals surface area contributed by atoms with E-state index in [1.807, 2.05) is 0 Å². The van der Waals surface area contributed by atoms with Crippen molar-refractivity contribution in [1.82, 2.24) is 3.97 Å². The van der Waals surface area contributed by atoms with Crippen LogP contribution in [0.25, 0.3) is 21.8 Å². The fraction of sp³-hybridized carbons (Fsp3) is 0.0769. The van der Waals surface area contributed by atoms with Gasteiger partial charge in [-0.3, -0.25) is 0 Å². The van der Waals surface area contributed by atoms with Crippen LogP contribution in [0, 0.1) is 0 Å². The third-order valence-corrected chi connectivity index (χ3v) is 4.31. The SMILES string of the molecule is CS(=O)(=O)n1c2cc(O)c(O)cc2c2ccc(O)c(O)c21. The maximum atomic E-state index is 12.0. The van der Waals surface area contributed by atoms with Gasteiger partial charge in [-0.25, -0.2) is 12.4 Å². The highest BCUT2D eigenvalue weighted by Gasteiger charge is 2.23. The van der Waals surface area contributed by atoms with E-state index in [2.05, 4.69) is 0 Å². The number of hydrogen-bond acceptors (Lipinski definition) is 6. The van der Waals surface area contributed by atoms with Crippen LogP contribution in [0.1, 0.15) is 0 Å². The summed E-state index contributed by atoms with van der Waals surface area (Å²) in [6, 6.07) is 4.92. The Bertz CT molecular complexity index is 1000. The molecular formula is C13H11NO6S. The number of aromatic nitrogens is 1. The third-order valence-electron chi connectivity index (χ3n) is 3.27. The van der Waals surface area contributed by atoms with Gasteiger partial charge in [0.15, 0.2) is 23.0 Å². The smallest absolute Gasteiger partial charge is 0.236 e. The van der Waals surface area contributed by atoms with Crippen molar-refractivity contribution < 1.29 is 28.8 Å². The molecule has 0 radical (unpaired) electrons. The molecule has 0 amide bonds. The van der Waals surface area contributed by atoms with E-state index in [9.17, 15) is 28.8 Å². The van der Waals surface area contributed by atoms with Gasteiger partial charge in [0, 0.05) is 16.8 Å². The first-order valence-electron chi connectivity index (χ1n) is 5.83. The van der Waals surface area contributed by atoms with E-state index in [-0.39, 0.29) is 11.0 Å². The molecule has 0 aliphatic rings. The molecule has 0 saturated carbocycles. The van der Waals surface area contributed by atoms with Gasteiger partial charge in [0.2, 0.25) is 10.0 Å². The van der Waals surface area contributed by atoms with E-state index >= 15 is 0 Å². The number of phenolic OH excluding ortho intramolecular Hbond substituents is 4. The quantitative estimate of drug-likeness (QED) is 0.505. The summed E-state index contributed by atoms with van der Waals surface area (Å²) >= 11 is 0. The fourth-order valence-corrected chi connectivity index (χ4v) is 3.43. The summed E-state index contributed by atoms with van der Waals surface area (Å²) in [5.41, 5.74) is -0.0267. The lowest BCUT2D eigenvalue weighted by molar-refractivity contribution is 0.405. The van der Waals surface area contributed by atoms with Gasteiger partial charge in [-0.2, -0.15) is 0 Å². The molecule has 21 heavy (non-hydrogen) atoms. The van der Waals surface area contributed by atoms with Crippen molar-refractivity contribution in [3.8, 4) is 23.0 Å². The molecule has 3 rings (SSSR count). The van der Waals surface area contributed by atoms with Crippen LogP contribution in [0.5, 0.6) is 23.0 Å². The number of rotatable bonds is 1. The van der Waals surface area contributed by atoms with Gasteiger partial charge >= 0.3 is 0 Å². The van der Waals surface area contributed by atoms with Crippen LogP contribution in [0.3, 0.4) is 0 Å². The van der Waals surface area contributed by atoms with Crippen LogP contribution in [0.4, 0.5) is 0 Å². The molecule has 3 aromatic rings. The molecule has 0 aliphatic carbocycles. The Morgan fingerprint density at radius 1 is 0.905 bits per heavy atom. The lowest BCUT2D eigenvalue weighted by atomic mass is 10.1. The summed E-state index contributed by atoms with van der Waals surface area (Å²) in [5.74, 6) is -1.96.